The Morgan fingerprint density at radius 3 is 1.89 bits per heavy atom. The molecule has 0 heterocycles. The zero-order valence-electron chi connectivity index (χ0n) is 4.41. The summed E-state index contributed by atoms with van der Waals surface area (Å²) in [6.45, 7) is 1.66. The molecule has 0 N–H and O–H groups in total. The van der Waals surface area contributed by atoms with Gasteiger partial charge in [-0.05, 0) is 6.92 Å². The van der Waals surface area contributed by atoms with Crippen LogP contribution in [-0.4, -0.2) is 7.83 Å². The number of hydrogen-bond donors (Lipinski definition) is 0. The molecule has 0 atom stereocenters. The van der Waals surface area contributed by atoms with Crippen molar-refractivity contribution in [1.82, 2.24) is 0 Å². The second-order valence-electron chi connectivity index (χ2n) is 1.25. The van der Waals surface area contributed by atoms with Gasteiger partial charge in [0.05, 0.1) is 0 Å². The largest absolute Gasteiger partial charge is 0.170 e. The molecule has 6 heteroatoms. The average molecular weight is 246 g/mol. The first-order valence-electron chi connectivity index (χ1n) is 1.92. The van der Waals surface area contributed by atoms with Crippen LogP contribution >= 0.6 is 68.0 Å². The van der Waals surface area contributed by atoms with Crippen molar-refractivity contribution in [3.05, 3.63) is 0 Å². The zero-order chi connectivity index (χ0) is 7.49. The van der Waals surface area contributed by atoms with E-state index in [0.717, 1.165) is 0 Å². The van der Waals surface area contributed by atoms with Crippen LogP contribution in [0, 0.1) is 0 Å². The molecule has 0 unspecified atom stereocenters. The third-order valence-corrected chi connectivity index (χ3v) is 4.85. The molecule has 0 aromatic carbocycles. The lowest BCUT2D eigenvalue weighted by Gasteiger charge is -2.10. The van der Waals surface area contributed by atoms with Crippen molar-refractivity contribution in [3.63, 3.8) is 0 Å². The van der Waals surface area contributed by atoms with Gasteiger partial charge in [0.2, 0.25) is 0 Å². The summed E-state index contributed by atoms with van der Waals surface area (Å²) in [5, 5.41) is 0. The van der Waals surface area contributed by atoms with E-state index in [1.165, 1.54) is 21.6 Å². The first-order valence-corrected chi connectivity index (χ1v) is 5.76. The quantitative estimate of drug-likeness (QED) is 0.538. The number of halogens is 4. The molecule has 0 amide bonds. The molecule has 0 aliphatic carbocycles. The average Bonchev–Trinajstić information content (AvgIpc) is 1.59. The summed E-state index contributed by atoms with van der Waals surface area (Å²) in [5.41, 5.74) is 0. The molecule has 0 rings (SSSR count). The van der Waals surface area contributed by atoms with Crippen LogP contribution < -0.4 is 0 Å². The van der Waals surface area contributed by atoms with Crippen molar-refractivity contribution in [2.24, 2.45) is 0 Å². The van der Waals surface area contributed by atoms with Crippen molar-refractivity contribution in [1.29, 1.82) is 0 Å². The minimum absolute atomic E-state index is 0.480. The molecule has 0 saturated carbocycles. The third-order valence-electron chi connectivity index (χ3n) is 0.267. The lowest BCUT2D eigenvalue weighted by atomic mass is 10.9. The van der Waals surface area contributed by atoms with Gasteiger partial charge in [-0.25, -0.2) is 0 Å². The number of rotatable bonds is 3. The summed E-state index contributed by atoms with van der Waals surface area (Å²) < 4.78 is -1.29. The maximum Gasteiger partial charge on any atom is 0.170 e. The Balaban J connectivity index is 3.28. The highest BCUT2D eigenvalue weighted by Crippen LogP contribution is 2.45. The Kier molecular flexibility index (Phi) is 5.65. The molecule has 0 bridgehead atoms. The first kappa shape index (κ1) is 10.9. The third kappa shape index (κ3) is 9.86. The van der Waals surface area contributed by atoms with Crippen LogP contribution in [0.1, 0.15) is 6.92 Å². The summed E-state index contributed by atoms with van der Waals surface area (Å²) in [6.07, 6.45) is 0. The maximum absolute atomic E-state index is 5.57. The molecule has 0 spiro atoms. The molecular formula is C3H4Cl4S2. The fourth-order valence-electron chi connectivity index (χ4n) is 0.121. The second-order valence-corrected chi connectivity index (χ2v) is 7.74. The first-order chi connectivity index (χ1) is 3.92. The van der Waals surface area contributed by atoms with Gasteiger partial charge in [0, 0.05) is 0 Å². The summed E-state index contributed by atoms with van der Waals surface area (Å²) in [4.78, 5) is 0. The summed E-state index contributed by atoms with van der Waals surface area (Å²) in [6, 6.07) is 0. The number of alkyl halides is 4. The highest BCUT2D eigenvalue weighted by Gasteiger charge is 2.18. The summed E-state index contributed by atoms with van der Waals surface area (Å²) >= 11 is 21.9. The van der Waals surface area contributed by atoms with Crippen LogP contribution in [0.3, 0.4) is 0 Å². The minimum Gasteiger partial charge on any atom is -0.0923 e. The molecule has 0 saturated heterocycles. The molecule has 9 heavy (non-hydrogen) atoms. The van der Waals surface area contributed by atoms with Crippen molar-refractivity contribution < 1.29 is 0 Å². The smallest absolute Gasteiger partial charge is 0.0923 e. The van der Waals surface area contributed by atoms with Crippen molar-refractivity contribution in [2.45, 2.75) is 14.8 Å². The van der Waals surface area contributed by atoms with Crippen LogP contribution in [0.4, 0.5) is 0 Å². The molecule has 0 nitrogen and oxygen atoms in total. The second kappa shape index (κ2) is 4.68. The molecule has 0 aliphatic rings. The molecule has 56 valence electrons. The van der Waals surface area contributed by atoms with E-state index in [2.05, 4.69) is 0 Å². The fourth-order valence-corrected chi connectivity index (χ4v) is 2.40. The highest BCUT2D eigenvalue weighted by molar-refractivity contribution is 8.78. The van der Waals surface area contributed by atoms with Crippen molar-refractivity contribution >= 4 is 68.0 Å². The van der Waals surface area contributed by atoms with E-state index in [-0.39, 0.29) is 0 Å². The monoisotopic (exact) mass is 244 g/mol. The van der Waals surface area contributed by atoms with Crippen LogP contribution in [0.25, 0.3) is 0 Å². The predicted molar refractivity (Wildman–Crippen MR) is 50.8 cm³/mol. The summed E-state index contributed by atoms with van der Waals surface area (Å²) in [7, 11) is 2.45. The van der Waals surface area contributed by atoms with Crippen LogP contribution in [0.2, 0.25) is 0 Å². The standard InChI is InChI=1S/C3H4Cl4S2/c1-3(6,7)9-8-2(4)5/h2H,1H3. The van der Waals surface area contributed by atoms with Gasteiger partial charge in [0.15, 0.2) is 7.83 Å². The van der Waals surface area contributed by atoms with Crippen molar-refractivity contribution in [2.75, 3.05) is 0 Å². The van der Waals surface area contributed by atoms with E-state index in [9.17, 15) is 0 Å². The van der Waals surface area contributed by atoms with Crippen LogP contribution in [0.15, 0.2) is 0 Å². The van der Waals surface area contributed by atoms with E-state index >= 15 is 0 Å². The van der Waals surface area contributed by atoms with Gasteiger partial charge in [0.25, 0.3) is 0 Å². The van der Waals surface area contributed by atoms with Crippen LogP contribution in [0.5, 0.6) is 0 Å². The van der Waals surface area contributed by atoms with Crippen LogP contribution in [-0.2, 0) is 0 Å². The van der Waals surface area contributed by atoms with Gasteiger partial charge in [-0.2, -0.15) is 0 Å². The normalized spacial score (nSPS) is 12.7. The van der Waals surface area contributed by atoms with Gasteiger partial charge in [-0.3, -0.25) is 0 Å². The Hall–Kier alpha value is 1.86. The predicted octanol–water partition coefficient (Wildman–Crippen LogP) is 4.28. The Morgan fingerprint density at radius 1 is 1.33 bits per heavy atom. The number of hydrogen-bond acceptors (Lipinski definition) is 2. The van der Waals surface area contributed by atoms with Gasteiger partial charge in [-0.1, -0.05) is 68.0 Å². The SMILES string of the molecule is CC(Cl)(Cl)SSC(Cl)Cl. The van der Waals surface area contributed by atoms with Gasteiger partial charge in [0.1, 0.15) is 0 Å². The van der Waals surface area contributed by atoms with E-state index in [1.54, 1.807) is 6.92 Å². The Labute approximate surface area is 82.3 Å². The maximum atomic E-state index is 5.57. The highest BCUT2D eigenvalue weighted by atomic mass is 35.5. The molecule has 0 radical (unpaired) electrons. The Bertz CT molecular complexity index is 78.4. The molecular weight excluding hydrogens is 242 g/mol. The lowest BCUT2D eigenvalue weighted by molar-refractivity contribution is 1.30. The van der Waals surface area contributed by atoms with Crippen molar-refractivity contribution in [3.8, 4) is 0 Å². The fraction of sp³-hybridized carbons (Fsp3) is 1.00. The lowest BCUT2D eigenvalue weighted by Crippen LogP contribution is -1.95. The van der Waals surface area contributed by atoms with E-state index in [1.807, 2.05) is 0 Å². The molecule has 0 aromatic rings. The molecule has 0 aromatic heterocycles. The van der Waals surface area contributed by atoms with Gasteiger partial charge < -0.3 is 0 Å². The molecule has 0 fully saturated rings. The van der Waals surface area contributed by atoms with E-state index < -0.39 is 7.83 Å². The molecule has 0 aliphatic heterocycles. The van der Waals surface area contributed by atoms with E-state index in [4.69, 9.17) is 46.4 Å². The van der Waals surface area contributed by atoms with E-state index in [0.29, 0.717) is 0 Å². The van der Waals surface area contributed by atoms with Gasteiger partial charge >= 0.3 is 0 Å². The topological polar surface area (TPSA) is 0 Å². The minimum atomic E-state index is -0.813. The zero-order valence-corrected chi connectivity index (χ0v) is 9.06. The van der Waals surface area contributed by atoms with Gasteiger partial charge in [-0.15, -0.1) is 0 Å². The summed E-state index contributed by atoms with van der Waals surface area (Å²) in [5.74, 6) is 0. The Morgan fingerprint density at radius 2 is 1.78 bits per heavy atom.